The predicted octanol–water partition coefficient (Wildman–Crippen LogP) is 3.93. The third kappa shape index (κ3) is 1.99. The lowest BCUT2D eigenvalue weighted by molar-refractivity contribution is 0.343. The van der Waals surface area contributed by atoms with Crippen molar-refractivity contribution in [3.05, 3.63) is 54.1 Å². The number of hydrogen-bond acceptors (Lipinski definition) is 3. The standard InChI is InChI=1S/C14H11NO2/c1-10-6-8-11(9-7-10)16-14-15-12-4-2-3-5-13(12)17-14/h2-9H,1H3. The van der Waals surface area contributed by atoms with E-state index in [4.69, 9.17) is 9.15 Å². The summed E-state index contributed by atoms with van der Waals surface area (Å²) in [4.78, 5) is 4.24. The van der Waals surface area contributed by atoms with Gasteiger partial charge in [0.2, 0.25) is 0 Å². The van der Waals surface area contributed by atoms with Gasteiger partial charge in [0.1, 0.15) is 11.3 Å². The molecule has 0 aliphatic rings. The summed E-state index contributed by atoms with van der Waals surface area (Å²) in [6.45, 7) is 2.03. The molecule has 84 valence electrons. The van der Waals surface area contributed by atoms with Crippen LogP contribution in [0, 0.1) is 6.92 Å². The van der Waals surface area contributed by atoms with E-state index in [9.17, 15) is 0 Å². The maximum Gasteiger partial charge on any atom is 0.400 e. The smallest absolute Gasteiger partial charge is 0.400 e. The SMILES string of the molecule is Cc1ccc(Oc2nc3ccccc3o2)cc1. The van der Waals surface area contributed by atoms with Gasteiger partial charge >= 0.3 is 6.08 Å². The zero-order valence-electron chi connectivity index (χ0n) is 9.38. The third-order valence-corrected chi connectivity index (χ3v) is 2.50. The van der Waals surface area contributed by atoms with Gasteiger partial charge in [0.15, 0.2) is 5.58 Å². The van der Waals surface area contributed by atoms with Gasteiger partial charge in [-0.1, -0.05) is 29.8 Å². The molecule has 3 aromatic rings. The summed E-state index contributed by atoms with van der Waals surface area (Å²) in [7, 11) is 0. The van der Waals surface area contributed by atoms with Gasteiger partial charge in [-0.05, 0) is 31.2 Å². The number of hydrogen-bond donors (Lipinski definition) is 0. The number of aryl methyl sites for hydroxylation is 1. The van der Waals surface area contributed by atoms with Gasteiger partial charge in [0.25, 0.3) is 0 Å². The van der Waals surface area contributed by atoms with Crippen molar-refractivity contribution in [2.45, 2.75) is 6.92 Å². The molecule has 0 unspecified atom stereocenters. The molecule has 0 bridgehead atoms. The van der Waals surface area contributed by atoms with Crippen molar-refractivity contribution in [2.75, 3.05) is 0 Å². The number of fused-ring (bicyclic) bond motifs is 1. The lowest BCUT2D eigenvalue weighted by Crippen LogP contribution is -1.83. The minimum Gasteiger partial charge on any atom is -0.411 e. The summed E-state index contributed by atoms with van der Waals surface area (Å²) in [5.74, 6) is 0.724. The molecule has 1 aromatic heterocycles. The Kier molecular flexibility index (Phi) is 2.29. The molecule has 3 rings (SSSR count). The number of oxazole rings is 1. The Bertz CT molecular complexity index is 608. The number of para-hydroxylation sites is 2. The highest BCUT2D eigenvalue weighted by molar-refractivity contribution is 5.72. The van der Waals surface area contributed by atoms with E-state index in [-0.39, 0.29) is 6.08 Å². The molecule has 0 aliphatic carbocycles. The van der Waals surface area contributed by atoms with Gasteiger partial charge in [-0.3, -0.25) is 0 Å². The Hall–Kier alpha value is -2.29. The van der Waals surface area contributed by atoms with Crippen molar-refractivity contribution in [2.24, 2.45) is 0 Å². The molecule has 0 amide bonds. The first-order chi connectivity index (χ1) is 8.31. The number of rotatable bonds is 2. The second kappa shape index (κ2) is 3.94. The van der Waals surface area contributed by atoms with Gasteiger partial charge in [0.05, 0.1) is 0 Å². The molecule has 0 saturated carbocycles. The Labute approximate surface area is 98.7 Å². The Morgan fingerprint density at radius 1 is 1.00 bits per heavy atom. The molecular formula is C14H11NO2. The van der Waals surface area contributed by atoms with Crippen LogP contribution in [0.4, 0.5) is 0 Å². The minimum absolute atomic E-state index is 0.273. The summed E-state index contributed by atoms with van der Waals surface area (Å²) < 4.78 is 11.0. The average molecular weight is 225 g/mol. The van der Waals surface area contributed by atoms with Crippen LogP contribution in [0.25, 0.3) is 11.1 Å². The lowest BCUT2D eigenvalue weighted by Gasteiger charge is -1.99. The van der Waals surface area contributed by atoms with Gasteiger partial charge < -0.3 is 9.15 Å². The van der Waals surface area contributed by atoms with Gasteiger partial charge in [-0.15, -0.1) is 0 Å². The van der Waals surface area contributed by atoms with Crippen LogP contribution in [0.2, 0.25) is 0 Å². The number of benzene rings is 2. The van der Waals surface area contributed by atoms with E-state index in [0.29, 0.717) is 0 Å². The summed E-state index contributed by atoms with van der Waals surface area (Å²) in [5, 5.41) is 0. The first-order valence-electron chi connectivity index (χ1n) is 5.41. The van der Waals surface area contributed by atoms with Crippen LogP contribution in [0.1, 0.15) is 5.56 Å². The molecule has 3 nitrogen and oxygen atoms in total. The van der Waals surface area contributed by atoms with E-state index < -0.39 is 0 Å². The quantitative estimate of drug-likeness (QED) is 0.662. The second-order valence-electron chi connectivity index (χ2n) is 3.86. The van der Waals surface area contributed by atoms with E-state index in [0.717, 1.165) is 16.8 Å². The highest BCUT2D eigenvalue weighted by Gasteiger charge is 2.06. The van der Waals surface area contributed by atoms with Crippen molar-refractivity contribution in [1.82, 2.24) is 4.98 Å². The monoisotopic (exact) mass is 225 g/mol. The zero-order chi connectivity index (χ0) is 11.7. The van der Waals surface area contributed by atoms with Crippen LogP contribution in [0.15, 0.2) is 52.9 Å². The number of ether oxygens (including phenoxy) is 1. The van der Waals surface area contributed by atoms with Crippen molar-refractivity contribution >= 4 is 11.1 Å². The molecule has 2 aromatic carbocycles. The average Bonchev–Trinajstić information content (AvgIpc) is 2.74. The summed E-state index contributed by atoms with van der Waals surface area (Å²) in [5.41, 5.74) is 2.72. The Balaban J connectivity index is 1.92. The molecule has 0 atom stereocenters. The third-order valence-electron chi connectivity index (χ3n) is 2.50. The van der Waals surface area contributed by atoms with Crippen molar-refractivity contribution in [1.29, 1.82) is 0 Å². The highest BCUT2D eigenvalue weighted by atomic mass is 16.6. The van der Waals surface area contributed by atoms with Crippen LogP contribution in [-0.2, 0) is 0 Å². The normalized spacial score (nSPS) is 10.6. The molecule has 0 aliphatic heterocycles. The lowest BCUT2D eigenvalue weighted by atomic mass is 10.2. The Morgan fingerprint density at radius 2 is 1.76 bits per heavy atom. The fourth-order valence-corrected chi connectivity index (χ4v) is 1.60. The molecule has 17 heavy (non-hydrogen) atoms. The molecule has 1 heterocycles. The topological polar surface area (TPSA) is 35.3 Å². The van der Waals surface area contributed by atoms with E-state index >= 15 is 0 Å². The van der Waals surface area contributed by atoms with Crippen LogP contribution in [0.5, 0.6) is 11.8 Å². The van der Waals surface area contributed by atoms with Gasteiger partial charge in [0, 0.05) is 0 Å². The maximum absolute atomic E-state index is 5.54. The van der Waals surface area contributed by atoms with E-state index in [1.54, 1.807) is 0 Å². The van der Waals surface area contributed by atoms with Crippen LogP contribution in [-0.4, -0.2) is 4.98 Å². The molecule has 0 radical (unpaired) electrons. The van der Waals surface area contributed by atoms with Crippen LogP contribution in [0.3, 0.4) is 0 Å². The van der Waals surface area contributed by atoms with E-state index in [1.807, 2.05) is 55.5 Å². The summed E-state index contributed by atoms with van der Waals surface area (Å²) in [6.07, 6.45) is 0.273. The molecule has 0 fully saturated rings. The first-order valence-corrected chi connectivity index (χ1v) is 5.41. The summed E-state index contributed by atoms with van der Waals surface area (Å²) >= 11 is 0. The molecule has 0 spiro atoms. The molecule has 0 N–H and O–H groups in total. The van der Waals surface area contributed by atoms with Crippen molar-refractivity contribution in [3.63, 3.8) is 0 Å². The van der Waals surface area contributed by atoms with Gasteiger partial charge in [-0.2, -0.15) is 4.98 Å². The molecule has 3 heteroatoms. The largest absolute Gasteiger partial charge is 0.411 e. The number of aromatic nitrogens is 1. The van der Waals surface area contributed by atoms with Crippen LogP contribution >= 0.6 is 0 Å². The highest BCUT2D eigenvalue weighted by Crippen LogP contribution is 2.25. The van der Waals surface area contributed by atoms with Crippen molar-refractivity contribution in [3.8, 4) is 11.8 Å². The summed E-state index contributed by atoms with van der Waals surface area (Å²) in [6, 6.07) is 15.3. The minimum atomic E-state index is 0.273. The Morgan fingerprint density at radius 3 is 2.53 bits per heavy atom. The van der Waals surface area contributed by atoms with E-state index in [2.05, 4.69) is 4.98 Å². The second-order valence-corrected chi connectivity index (χ2v) is 3.86. The fourth-order valence-electron chi connectivity index (χ4n) is 1.60. The molecule has 0 saturated heterocycles. The molecular weight excluding hydrogens is 214 g/mol. The number of nitrogens with zero attached hydrogens (tertiary/aromatic N) is 1. The fraction of sp³-hybridized carbons (Fsp3) is 0.0714. The van der Waals surface area contributed by atoms with E-state index in [1.165, 1.54) is 5.56 Å². The predicted molar refractivity (Wildman–Crippen MR) is 65.3 cm³/mol. The maximum atomic E-state index is 5.54. The van der Waals surface area contributed by atoms with Crippen molar-refractivity contribution < 1.29 is 9.15 Å². The van der Waals surface area contributed by atoms with Gasteiger partial charge in [-0.25, -0.2) is 0 Å². The van der Waals surface area contributed by atoms with Crippen LogP contribution < -0.4 is 4.74 Å². The first kappa shape index (κ1) is 9.90. The zero-order valence-corrected chi connectivity index (χ0v) is 9.38.